The minimum atomic E-state index is -5.19. The van der Waals surface area contributed by atoms with Crippen molar-refractivity contribution in [2.45, 2.75) is 6.61 Å². The normalized spacial score (nSPS) is 10.9. The Morgan fingerprint density at radius 1 is 1.10 bits per heavy atom. The van der Waals surface area contributed by atoms with Gasteiger partial charge in [0.15, 0.2) is 11.6 Å². The summed E-state index contributed by atoms with van der Waals surface area (Å²) in [6.45, 7) is -5.58. The largest absolute Gasteiger partial charge is 1.00 e. The molecule has 0 amide bonds. The van der Waals surface area contributed by atoms with Crippen LogP contribution in [0.4, 0.5) is 21.7 Å². The minimum Gasteiger partial charge on any atom is -0.487 e. The maximum atomic E-state index is 13.3. The third kappa shape index (κ3) is 5.03. The van der Waals surface area contributed by atoms with Gasteiger partial charge in [0, 0.05) is 11.8 Å². The zero-order valence-corrected chi connectivity index (χ0v) is 14.1. The molecule has 9 heteroatoms. The Kier molecular flexibility index (Phi) is 6.79. The SMILES string of the molecule is Fc1cccc(COc2cncc([B-](F)(F)F)c2)c1F.[K+]. The van der Waals surface area contributed by atoms with Crippen molar-refractivity contribution in [1.29, 1.82) is 0 Å². The van der Waals surface area contributed by atoms with E-state index >= 15 is 0 Å². The van der Waals surface area contributed by atoms with E-state index in [1.54, 1.807) is 0 Å². The van der Waals surface area contributed by atoms with Crippen LogP contribution in [-0.2, 0) is 6.61 Å². The van der Waals surface area contributed by atoms with E-state index in [0.717, 1.165) is 18.3 Å². The van der Waals surface area contributed by atoms with Gasteiger partial charge in [-0.1, -0.05) is 17.6 Å². The Hall–Kier alpha value is -0.479. The number of rotatable bonds is 4. The Labute approximate surface area is 160 Å². The Morgan fingerprint density at radius 2 is 1.81 bits per heavy atom. The van der Waals surface area contributed by atoms with Gasteiger partial charge < -0.3 is 17.7 Å². The summed E-state index contributed by atoms with van der Waals surface area (Å²) in [7, 11) is 0. The number of hydrogen-bond donors (Lipinski definition) is 0. The second-order valence-corrected chi connectivity index (χ2v) is 4.03. The number of hydrogen-bond acceptors (Lipinski definition) is 2. The molecule has 0 spiro atoms. The molecule has 0 atom stereocenters. The van der Waals surface area contributed by atoms with E-state index in [1.165, 1.54) is 12.1 Å². The molecule has 0 aliphatic carbocycles. The van der Waals surface area contributed by atoms with Gasteiger partial charge in [0.25, 0.3) is 0 Å². The van der Waals surface area contributed by atoms with Crippen LogP contribution in [0, 0.1) is 11.6 Å². The predicted molar refractivity (Wildman–Crippen MR) is 63.6 cm³/mol. The molecule has 21 heavy (non-hydrogen) atoms. The van der Waals surface area contributed by atoms with Crippen LogP contribution in [0.2, 0.25) is 0 Å². The van der Waals surface area contributed by atoms with Crippen molar-refractivity contribution in [2.75, 3.05) is 0 Å². The van der Waals surface area contributed by atoms with Crippen molar-refractivity contribution in [3.05, 3.63) is 53.9 Å². The molecule has 2 aromatic rings. The van der Waals surface area contributed by atoms with Crippen LogP contribution in [0.15, 0.2) is 36.7 Å². The van der Waals surface area contributed by atoms with Crippen LogP contribution in [0.25, 0.3) is 0 Å². The Morgan fingerprint density at radius 3 is 2.48 bits per heavy atom. The monoisotopic (exact) mass is 327 g/mol. The Balaban J connectivity index is 0.00000220. The van der Waals surface area contributed by atoms with Gasteiger partial charge in [-0.3, -0.25) is 4.98 Å². The average Bonchev–Trinajstić information content (AvgIpc) is 2.40. The number of ether oxygens (including phenoxy) is 1. The van der Waals surface area contributed by atoms with E-state index in [4.69, 9.17) is 4.74 Å². The van der Waals surface area contributed by atoms with Crippen LogP contribution in [0.3, 0.4) is 0 Å². The van der Waals surface area contributed by atoms with Crippen molar-refractivity contribution in [3.63, 3.8) is 0 Å². The Bertz CT molecular complexity index is 623. The second kappa shape index (κ2) is 7.68. The molecular formula is C12H8BF5KNO. The quantitative estimate of drug-likeness (QED) is 0.583. The third-order valence-electron chi connectivity index (χ3n) is 2.54. The van der Waals surface area contributed by atoms with E-state index in [0.29, 0.717) is 6.20 Å². The molecular weight excluding hydrogens is 319 g/mol. The maximum Gasteiger partial charge on any atom is 1.00 e. The van der Waals surface area contributed by atoms with Crippen molar-refractivity contribution in [1.82, 2.24) is 4.98 Å². The van der Waals surface area contributed by atoms with Crippen LogP contribution in [0.5, 0.6) is 5.75 Å². The molecule has 0 fully saturated rings. The molecule has 106 valence electrons. The van der Waals surface area contributed by atoms with E-state index in [-0.39, 0.29) is 69.3 Å². The molecule has 1 heterocycles. The summed E-state index contributed by atoms with van der Waals surface area (Å²) in [6.07, 6.45) is 1.75. The zero-order chi connectivity index (χ0) is 14.8. The number of halogens is 5. The predicted octanol–water partition coefficient (Wildman–Crippen LogP) is -0.00280. The van der Waals surface area contributed by atoms with E-state index in [9.17, 15) is 21.7 Å². The summed E-state index contributed by atoms with van der Waals surface area (Å²) in [5.41, 5.74) is -1.00. The molecule has 0 aliphatic rings. The van der Waals surface area contributed by atoms with Gasteiger partial charge in [0.05, 0.1) is 6.20 Å². The van der Waals surface area contributed by atoms with E-state index in [1.807, 2.05) is 0 Å². The van der Waals surface area contributed by atoms with Crippen LogP contribution in [0.1, 0.15) is 5.56 Å². The number of benzene rings is 1. The fourth-order valence-electron chi connectivity index (χ4n) is 1.51. The topological polar surface area (TPSA) is 22.1 Å². The average molecular weight is 327 g/mol. The molecule has 0 N–H and O–H groups in total. The standard InChI is InChI=1S/C12H8BF5NO.K/c14-11-3-1-2-8(12(11)15)7-20-10-4-9(5-19-6-10)13(16,17)18;/h1-6H,7H2;/q-1;+1. The van der Waals surface area contributed by atoms with Crippen LogP contribution >= 0.6 is 0 Å². The molecule has 2 nitrogen and oxygen atoms in total. The number of pyridine rings is 1. The first-order valence-corrected chi connectivity index (χ1v) is 5.58. The number of aromatic nitrogens is 1. The van der Waals surface area contributed by atoms with Gasteiger partial charge in [0.1, 0.15) is 12.4 Å². The first kappa shape index (κ1) is 18.6. The fraction of sp³-hybridized carbons (Fsp3) is 0.0833. The zero-order valence-electron chi connectivity index (χ0n) is 11.0. The summed E-state index contributed by atoms with van der Waals surface area (Å²) in [4.78, 5) is 3.41. The first-order valence-electron chi connectivity index (χ1n) is 5.58. The maximum absolute atomic E-state index is 13.3. The second-order valence-electron chi connectivity index (χ2n) is 4.03. The van der Waals surface area contributed by atoms with E-state index < -0.39 is 24.1 Å². The summed E-state index contributed by atoms with van der Waals surface area (Å²) in [6, 6.07) is 4.27. The molecule has 0 saturated heterocycles. The first-order chi connectivity index (χ1) is 9.38. The van der Waals surface area contributed by atoms with Gasteiger partial charge in [-0.05, 0) is 12.1 Å². The van der Waals surface area contributed by atoms with Crippen LogP contribution in [-0.4, -0.2) is 12.0 Å². The summed E-state index contributed by atoms with van der Waals surface area (Å²) in [5, 5.41) is 0. The van der Waals surface area contributed by atoms with Crippen molar-refractivity contribution < 1.29 is 77.8 Å². The molecule has 1 aromatic carbocycles. The van der Waals surface area contributed by atoms with Gasteiger partial charge in [-0.15, -0.1) is 0 Å². The number of nitrogens with zero attached hydrogens (tertiary/aromatic N) is 1. The molecule has 0 radical (unpaired) electrons. The van der Waals surface area contributed by atoms with Crippen molar-refractivity contribution >= 4 is 12.4 Å². The van der Waals surface area contributed by atoms with Gasteiger partial charge in [-0.2, -0.15) is 0 Å². The molecule has 0 unspecified atom stereocenters. The summed E-state index contributed by atoms with van der Waals surface area (Å²) < 4.78 is 68.8. The minimum absolute atomic E-state index is 0. The molecule has 1 aromatic heterocycles. The van der Waals surface area contributed by atoms with Gasteiger partial charge >= 0.3 is 58.4 Å². The molecule has 2 rings (SSSR count). The summed E-state index contributed by atoms with van der Waals surface area (Å²) >= 11 is 0. The molecule has 0 aliphatic heterocycles. The van der Waals surface area contributed by atoms with Crippen molar-refractivity contribution in [3.8, 4) is 5.75 Å². The summed E-state index contributed by atoms with van der Waals surface area (Å²) in [5.74, 6) is -2.29. The van der Waals surface area contributed by atoms with Crippen molar-refractivity contribution in [2.24, 2.45) is 0 Å². The van der Waals surface area contributed by atoms with Gasteiger partial charge in [-0.25, -0.2) is 8.78 Å². The molecule has 0 saturated carbocycles. The van der Waals surface area contributed by atoms with Gasteiger partial charge in [0.2, 0.25) is 0 Å². The fourth-order valence-corrected chi connectivity index (χ4v) is 1.51. The van der Waals surface area contributed by atoms with E-state index in [2.05, 4.69) is 4.98 Å². The van der Waals surface area contributed by atoms with Crippen LogP contribution < -0.4 is 61.6 Å². The smallest absolute Gasteiger partial charge is 0.487 e. The molecule has 0 bridgehead atoms. The third-order valence-corrected chi connectivity index (χ3v) is 2.54.